The maximum atomic E-state index is 14.0. The van der Waals surface area contributed by atoms with Crippen LogP contribution in [-0.4, -0.2) is 33.7 Å². The van der Waals surface area contributed by atoms with E-state index in [-0.39, 0.29) is 17.3 Å². The van der Waals surface area contributed by atoms with Crippen molar-refractivity contribution in [2.24, 2.45) is 7.05 Å². The Morgan fingerprint density at radius 2 is 1.89 bits per heavy atom. The highest BCUT2D eigenvalue weighted by atomic mass is 19.1. The van der Waals surface area contributed by atoms with Crippen molar-refractivity contribution >= 4 is 16.9 Å². The number of aromatic nitrogens is 3. The van der Waals surface area contributed by atoms with Gasteiger partial charge in [-0.25, -0.2) is 9.37 Å². The van der Waals surface area contributed by atoms with Crippen LogP contribution in [-0.2, 0) is 26.9 Å². The lowest BCUT2D eigenvalue weighted by molar-refractivity contribution is -0.154. The lowest BCUT2D eigenvalue weighted by atomic mass is 9.89. The smallest absolute Gasteiger partial charge is 0.303 e. The molecule has 0 amide bonds. The van der Waals surface area contributed by atoms with Gasteiger partial charge >= 0.3 is 5.97 Å². The molecule has 0 spiro atoms. The second-order valence-corrected chi connectivity index (χ2v) is 11.8. The van der Waals surface area contributed by atoms with Crippen molar-refractivity contribution in [2.75, 3.05) is 13.2 Å². The van der Waals surface area contributed by atoms with E-state index in [1.807, 2.05) is 12.1 Å². The number of hydrogen-bond donors (Lipinski definition) is 1. The molecule has 228 valence electrons. The van der Waals surface area contributed by atoms with Crippen LogP contribution in [0.2, 0.25) is 0 Å². The SMILES string of the molecule is CC(=O)OC(C)(C)c1ccc(Oc2c(C)cc(F)cc2C)cc1-c1cn(C)c(=O)c2cc(-c3cnc(C4CCOC4)[nH]3)oc12. The fourth-order valence-corrected chi connectivity index (χ4v) is 5.92. The predicted octanol–water partition coefficient (Wildman–Crippen LogP) is 7.04. The van der Waals surface area contributed by atoms with Gasteiger partial charge < -0.3 is 28.2 Å². The van der Waals surface area contributed by atoms with Gasteiger partial charge in [-0.05, 0) is 81.1 Å². The fraction of sp³-hybridized carbons (Fsp3) is 0.324. The minimum Gasteiger partial charge on any atom is -0.457 e. The van der Waals surface area contributed by atoms with E-state index in [1.165, 1.54) is 23.6 Å². The first-order valence-corrected chi connectivity index (χ1v) is 14.5. The predicted molar refractivity (Wildman–Crippen MR) is 163 cm³/mol. The Bertz CT molecular complexity index is 1940. The van der Waals surface area contributed by atoms with Gasteiger partial charge in [-0.3, -0.25) is 9.59 Å². The number of ether oxygens (including phenoxy) is 3. The van der Waals surface area contributed by atoms with E-state index < -0.39 is 11.6 Å². The summed E-state index contributed by atoms with van der Waals surface area (Å²) in [5.41, 5.74) is 2.97. The molecule has 0 radical (unpaired) electrons. The number of carbonyl (C=O) groups is 1. The van der Waals surface area contributed by atoms with Crippen LogP contribution in [0.3, 0.4) is 0 Å². The topological polar surface area (TPSA) is 109 Å². The largest absolute Gasteiger partial charge is 0.457 e. The summed E-state index contributed by atoms with van der Waals surface area (Å²) in [5, 5.41) is 0.383. The zero-order valence-electron chi connectivity index (χ0n) is 25.5. The fourth-order valence-electron chi connectivity index (χ4n) is 5.92. The highest BCUT2D eigenvalue weighted by Crippen LogP contribution is 2.42. The first-order chi connectivity index (χ1) is 20.9. The summed E-state index contributed by atoms with van der Waals surface area (Å²) in [7, 11) is 1.68. The number of carbonyl (C=O) groups excluding carboxylic acids is 1. The van der Waals surface area contributed by atoms with Crippen LogP contribution in [0.15, 0.2) is 58.0 Å². The Kier molecular flexibility index (Phi) is 7.41. The van der Waals surface area contributed by atoms with Gasteiger partial charge in [-0.15, -0.1) is 0 Å². The van der Waals surface area contributed by atoms with E-state index in [1.54, 1.807) is 59.3 Å². The Morgan fingerprint density at radius 1 is 1.14 bits per heavy atom. The Labute approximate surface area is 253 Å². The third-order valence-electron chi connectivity index (χ3n) is 8.00. The molecule has 1 saturated heterocycles. The summed E-state index contributed by atoms with van der Waals surface area (Å²) in [6.07, 6.45) is 4.29. The monoisotopic (exact) mass is 599 g/mol. The van der Waals surface area contributed by atoms with Gasteiger partial charge in [0.2, 0.25) is 0 Å². The number of nitrogens with zero attached hydrogens (tertiary/aromatic N) is 2. The zero-order valence-corrected chi connectivity index (χ0v) is 25.5. The molecule has 1 aliphatic rings. The lowest BCUT2D eigenvalue weighted by Crippen LogP contribution is -2.25. The van der Waals surface area contributed by atoms with Gasteiger partial charge in [0.1, 0.15) is 40.0 Å². The van der Waals surface area contributed by atoms with Crippen LogP contribution >= 0.6 is 0 Å². The number of fused-ring (bicyclic) bond motifs is 1. The number of esters is 1. The highest BCUT2D eigenvalue weighted by molar-refractivity contribution is 5.95. The molecule has 0 saturated carbocycles. The Morgan fingerprint density at radius 3 is 2.57 bits per heavy atom. The molecule has 9 nitrogen and oxygen atoms in total. The van der Waals surface area contributed by atoms with E-state index in [2.05, 4.69) is 9.97 Å². The summed E-state index contributed by atoms with van der Waals surface area (Å²) in [5.74, 6) is 1.70. The molecule has 4 heterocycles. The number of furan rings is 1. The number of imidazole rings is 1. The first kappa shape index (κ1) is 29.4. The van der Waals surface area contributed by atoms with Crippen LogP contribution in [0.25, 0.3) is 33.6 Å². The van der Waals surface area contributed by atoms with Gasteiger partial charge in [-0.2, -0.15) is 0 Å². The molecule has 5 aromatic rings. The number of halogens is 1. The average Bonchev–Trinajstić information content (AvgIpc) is 3.72. The van der Waals surface area contributed by atoms with E-state index in [0.29, 0.717) is 75.0 Å². The average molecular weight is 600 g/mol. The molecule has 1 aliphatic heterocycles. The molecule has 1 fully saturated rings. The van der Waals surface area contributed by atoms with Gasteiger partial charge in [-0.1, -0.05) is 6.07 Å². The molecule has 2 aromatic carbocycles. The standard InChI is InChI=1S/C34H34FN3O6/c1-18-11-22(35)12-19(2)30(18)42-23-7-8-27(34(4,5)44-20(3)39)24(13-23)26-16-38(6)33(40)25-14-29(43-31(25)26)28-15-36-32(37-28)21-9-10-41-17-21/h7-8,11-16,21H,9-10,17H2,1-6H3,(H,36,37). The van der Waals surface area contributed by atoms with E-state index in [0.717, 1.165) is 12.2 Å². The summed E-state index contributed by atoms with van der Waals surface area (Å²) in [6, 6.07) is 9.97. The highest BCUT2D eigenvalue weighted by Gasteiger charge is 2.30. The molecule has 1 unspecified atom stereocenters. The van der Waals surface area contributed by atoms with Gasteiger partial charge in [0, 0.05) is 43.8 Å². The molecule has 0 aliphatic carbocycles. The molecular formula is C34H34FN3O6. The van der Waals surface area contributed by atoms with Crippen LogP contribution in [0.1, 0.15) is 55.6 Å². The number of nitrogens with one attached hydrogen (secondary N) is 1. The van der Waals surface area contributed by atoms with Crippen molar-refractivity contribution in [3.05, 3.63) is 87.5 Å². The molecule has 10 heteroatoms. The van der Waals surface area contributed by atoms with Crippen molar-refractivity contribution in [3.63, 3.8) is 0 Å². The third kappa shape index (κ3) is 5.41. The van der Waals surface area contributed by atoms with Crippen molar-refractivity contribution in [1.29, 1.82) is 0 Å². The Balaban J connectivity index is 1.52. The number of pyridine rings is 1. The third-order valence-corrected chi connectivity index (χ3v) is 8.00. The summed E-state index contributed by atoms with van der Waals surface area (Å²) >= 11 is 0. The maximum Gasteiger partial charge on any atom is 0.303 e. The zero-order chi connectivity index (χ0) is 31.3. The minimum atomic E-state index is -1.04. The molecule has 44 heavy (non-hydrogen) atoms. The van der Waals surface area contributed by atoms with Crippen LogP contribution in [0.4, 0.5) is 4.39 Å². The number of benzene rings is 2. The van der Waals surface area contributed by atoms with Crippen LogP contribution in [0, 0.1) is 19.7 Å². The van der Waals surface area contributed by atoms with Crippen LogP contribution in [0.5, 0.6) is 11.5 Å². The quantitative estimate of drug-likeness (QED) is 0.200. The number of aryl methyl sites for hydroxylation is 3. The lowest BCUT2D eigenvalue weighted by Gasteiger charge is -2.28. The first-order valence-electron chi connectivity index (χ1n) is 14.5. The summed E-state index contributed by atoms with van der Waals surface area (Å²) < 4.78 is 39.5. The second kappa shape index (κ2) is 11.1. The van der Waals surface area contributed by atoms with Crippen molar-refractivity contribution in [1.82, 2.24) is 14.5 Å². The van der Waals surface area contributed by atoms with Gasteiger partial charge in [0.05, 0.1) is 18.2 Å². The van der Waals surface area contributed by atoms with Crippen molar-refractivity contribution in [2.45, 2.75) is 52.6 Å². The number of hydrogen-bond acceptors (Lipinski definition) is 7. The van der Waals surface area contributed by atoms with E-state index in [4.69, 9.17) is 18.6 Å². The molecule has 1 N–H and O–H groups in total. The van der Waals surface area contributed by atoms with Crippen molar-refractivity contribution in [3.8, 4) is 34.1 Å². The maximum absolute atomic E-state index is 14.0. The molecule has 3 aromatic heterocycles. The van der Waals surface area contributed by atoms with Crippen LogP contribution < -0.4 is 10.3 Å². The molecule has 1 atom stereocenters. The number of rotatable bonds is 7. The van der Waals surface area contributed by atoms with E-state index in [9.17, 15) is 14.0 Å². The minimum absolute atomic E-state index is 0.179. The van der Waals surface area contributed by atoms with E-state index >= 15 is 0 Å². The molecule has 6 rings (SSSR count). The molecule has 0 bridgehead atoms. The van der Waals surface area contributed by atoms with Gasteiger partial charge in [0.15, 0.2) is 5.76 Å². The summed E-state index contributed by atoms with van der Waals surface area (Å²) in [6.45, 7) is 9.83. The number of aromatic amines is 1. The normalized spacial score (nSPS) is 15.2. The Hall–Kier alpha value is -4.70. The number of H-pyrrole nitrogens is 1. The van der Waals surface area contributed by atoms with Crippen molar-refractivity contribution < 1.29 is 27.8 Å². The van der Waals surface area contributed by atoms with Gasteiger partial charge in [0.25, 0.3) is 5.56 Å². The second-order valence-electron chi connectivity index (χ2n) is 11.8. The molecular weight excluding hydrogens is 565 g/mol. The summed E-state index contributed by atoms with van der Waals surface area (Å²) in [4.78, 5) is 33.3.